The summed E-state index contributed by atoms with van der Waals surface area (Å²) in [6.45, 7) is 0. The molecule has 0 bridgehead atoms. The Labute approximate surface area is 104 Å². The van der Waals surface area contributed by atoms with Crippen molar-refractivity contribution in [3.63, 3.8) is 0 Å². The molecule has 17 heavy (non-hydrogen) atoms. The summed E-state index contributed by atoms with van der Waals surface area (Å²) in [5, 5.41) is 8.39. The van der Waals surface area contributed by atoms with Gasteiger partial charge in [0.05, 0.1) is 5.57 Å². The minimum atomic E-state index is -4.80. The highest BCUT2D eigenvalue weighted by Gasteiger charge is 2.35. The Bertz CT molecular complexity index is 461. The maximum atomic E-state index is 12.6. The van der Waals surface area contributed by atoms with Gasteiger partial charge < -0.3 is 5.11 Å². The molecule has 0 saturated heterocycles. The average molecular weight is 285 g/mol. The number of alkyl halides is 3. The van der Waals surface area contributed by atoms with Crippen LogP contribution in [0.3, 0.4) is 0 Å². The fourth-order valence-electron chi connectivity index (χ4n) is 1.16. The third kappa shape index (κ3) is 3.94. The molecule has 1 aromatic carbocycles. The Balaban J connectivity index is 3.38. The van der Waals surface area contributed by atoms with Crippen molar-refractivity contribution in [2.45, 2.75) is 6.18 Å². The van der Waals surface area contributed by atoms with Gasteiger partial charge in [0.25, 0.3) is 0 Å². The second-order valence-electron chi connectivity index (χ2n) is 3.05. The average Bonchev–Trinajstić information content (AvgIpc) is 2.10. The van der Waals surface area contributed by atoms with Crippen molar-refractivity contribution in [2.24, 2.45) is 0 Å². The Kier molecular flexibility index (Phi) is 4.06. The van der Waals surface area contributed by atoms with Gasteiger partial charge in [0.1, 0.15) is 0 Å². The van der Waals surface area contributed by atoms with Crippen LogP contribution in [0.4, 0.5) is 13.2 Å². The summed E-state index contributed by atoms with van der Waals surface area (Å²) < 4.78 is 37.8. The Hall–Kier alpha value is -1.20. The number of halogens is 5. The van der Waals surface area contributed by atoms with E-state index < -0.39 is 23.3 Å². The molecule has 0 amide bonds. The zero-order valence-electron chi connectivity index (χ0n) is 8.05. The molecule has 1 aromatic rings. The second-order valence-corrected chi connectivity index (χ2v) is 3.93. The van der Waals surface area contributed by atoms with Gasteiger partial charge in [-0.3, -0.25) is 0 Å². The summed E-state index contributed by atoms with van der Waals surface area (Å²) >= 11 is 11.1. The first-order valence-electron chi connectivity index (χ1n) is 4.18. The predicted molar refractivity (Wildman–Crippen MR) is 58.1 cm³/mol. The van der Waals surface area contributed by atoms with Crippen molar-refractivity contribution in [2.75, 3.05) is 0 Å². The Morgan fingerprint density at radius 2 is 1.65 bits per heavy atom. The number of carbonyl (C=O) groups is 1. The Morgan fingerprint density at radius 1 is 1.18 bits per heavy atom. The zero-order valence-corrected chi connectivity index (χ0v) is 9.57. The molecule has 2 nitrogen and oxygen atoms in total. The normalized spacial score (nSPS) is 12.6. The predicted octanol–water partition coefficient (Wildman–Crippen LogP) is 4.02. The van der Waals surface area contributed by atoms with Gasteiger partial charge in [0, 0.05) is 16.1 Å². The van der Waals surface area contributed by atoms with Crippen LogP contribution < -0.4 is 0 Å². The first kappa shape index (κ1) is 13.9. The van der Waals surface area contributed by atoms with E-state index in [1.165, 1.54) is 6.07 Å². The van der Waals surface area contributed by atoms with Gasteiger partial charge in [-0.05, 0) is 23.8 Å². The minimum Gasteiger partial charge on any atom is -0.478 e. The van der Waals surface area contributed by atoms with Crippen LogP contribution in [-0.4, -0.2) is 17.3 Å². The SMILES string of the molecule is O=C(O)C=C(c1cc(Cl)cc(Cl)c1)C(F)(F)F. The number of rotatable bonds is 2. The molecule has 0 radical (unpaired) electrons. The lowest BCUT2D eigenvalue weighted by molar-refractivity contribution is -0.131. The molecule has 0 heterocycles. The minimum absolute atomic E-state index is 0.00645. The highest BCUT2D eigenvalue weighted by Crippen LogP contribution is 2.35. The molecule has 0 aliphatic rings. The summed E-state index contributed by atoms with van der Waals surface area (Å²) in [7, 11) is 0. The smallest absolute Gasteiger partial charge is 0.417 e. The van der Waals surface area contributed by atoms with E-state index in [-0.39, 0.29) is 16.1 Å². The van der Waals surface area contributed by atoms with Crippen molar-refractivity contribution in [3.8, 4) is 0 Å². The lowest BCUT2D eigenvalue weighted by Gasteiger charge is -2.11. The maximum absolute atomic E-state index is 12.6. The van der Waals surface area contributed by atoms with Crippen LogP contribution in [0.2, 0.25) is 10.0 Å². The van der Waals surface area contributed by atoms with E-state index in [1.807, 2.05) is 0 Å². The van der Waals surface area contributed by atoms with Crippen LogP contribution in [0.15, 0.2) is 24.3 Å². The summed E-state index contributed by atoms with van der Waals surface area (Å²) in [6, 6.07) is 3.24. The van der Waals surface area contributed by atoms with Gasteiger partial charge in [0.15, 0.2) is 0 Å². The largest absolute Gasteiger partial charge is 0.478 e. The van der Waals surface area contributed by atoms with E-state index in [9.17, 15) is 18.0 Å². The zero-order chi connectivity index (χ0) is 13.2. The first-order valence-corrected chi connectivity index (χ1v) is 4.94. The maximum Gasteiger partial charge on any atom is 0.417 e. The number of hydrogen-bond donors (Lipinski definition) is 1. The third-order valence-electron chi connectivity index (χ3n) is 1.75. The van der Waals surface area contributed by atoms with Crippen LogP contribution in [0.5, 0.6) is 0 Å². The number of benzene rings is 1. The van der Waals surface area contributed by atoms with E-state index in [0.29, 0.717) is 0 Å². The van der Waals surface area contributed by atoms with Crippen molar-refractivity contribution in [3.05, 3.63) is 39.9 Å². The number of hydrogen-bond acceptors (Lipinski definition) is 1. The highest BCUT2D eigenvalue weighted by molar-refractivity contribution is 6.34. The summed E-state index contributed by atoms with van der Waals surface area (Å²) in [5.41, 5.74) is -1.70. The molecule has 0 aromatic heterocycles. The molecule has 92 valence electrons. The van der Waals surface area contributed by atoms with Gasteiger partial charge >= 0.3 is 12.1 Å². The number of carboxylic acids is 1. The topological polar surface area (TPSA) is 37.3 Å². The molecule has 1 N–H and O–H groups in total. The van der Waals surface area contributed by atoms with Crippen molar-refractivity contribution in [1.29, 1.82) is 0 Å². The summed E-state index contributed by atoms with van der Waals surface area (Å²) in [5.74, 6) is -1.70. The molecule has 0 aliphatic heterocycles. The third-order valence-corrected chi connectivity index (χ3v) is 2.18. The standard InChI is InChI=1S/C10H5Cl2F3O2/c11-6-1-5(2-7(12)3-6)8(4-9(16)17)10(13,14)15/h1-4H,(H,16,17). The highest BCUT2D eigenvalue weighted by atomic mass is 35.5. The number of allylic oxidation sites excluding steroid dienone is 1. The van der Waals surface area contributed by atoms with Gasteiger partial charge in [-0.1, -0.05) is 23.2 Å². The number of aliphatic carboxylic acids is 1. The lowest BCUT2D eigenvalue weighted by Crippen LogP contribution is -2.12. The van der Waals surface area contributed by atoms with Crippen LogP contribution >= 0.6 is 23.2 Å². The van der Waals surface area contributed by atoms with E-state index >= 15 is 0 Å². The molecule has 0 atom stereocenters. The van der Waals surface area contributed by atoms with E-state index in [2.05, 4.69) is 0 Å². The lowest BCUT2D eigenvalue weighted by atomic mass is 10.1. The van der Waals surface area contributed by atoms with E-state index in [4.69, 9.17) is 28.3 Å². The first-order chi connectivity index (χ1) is 7.70. The van der Waals surface area contributed by atoms with E-state index in [1.54, 1.807) is 0 Å². The van der Waals surface area contributed by atoms with Crippen LogP contribution in [0.1, 0.15) is 5.56 Å². The van der Waals surface area contributed by atoms with Crippen LogP contribution in [0.25, 0.3) is 5.57 Å². The quantitative estimate of drug-likeness (QED) is 0.833. The molecule has 0 fully saturated rings. The molecule has 0 spiro atoms. The van der Waals surface area contributed by atoms with Crippen LogP contribution in [-0.2, 0) is 4.79 Å². The molecule has 7 heteroatoms. The summed E-state index contributed by atoms with van der Waals surface area (Å²) in [6.07, 6.45) is -4.73. The number of carboxylic acid groups (broad SMARTS) is 1. The molecule has 0 saturated carbocycles. The van der Waals surface area contributed by atoms with Gasteiger partial charge in [-0.15, -0.1) is 0 Å². The summed E-state index contributed by atoms with van der Waals surface area (Å²) in [4.78, 5) is 10.4. The fraction of sp³-hybridized carbons (Fsp3) is 0.100. The van der Waals surface area contributed by atoms with Crippen molar-refractivity contribution in [1.82, 2.24) is 0 Å². The fourth-order valence-corrected chi connectivity index (χ4v) is 1.69. The molecule has 1 rings (SSSR count). The molecular weight excluding hydrogens is 280 g/mol. The van der Waals surface area contributed by atoms with Crippen LogP contribution in [0, 0.1) is 0 Å². The van der Waals surface area contributed by atoms with Crippen molar-refractivity contribution >= 4 is 34.7 Å². The van der Waals surface area contributed by atoms with Gasteiger partial charge in [-0.2, -0.15) is 13.2 Å². The van der Waals surface area contributed by atoms with Crippen molar-refractivity contribution < 1.29 is 23.1 Å². The molecule has 0 unspecified atom stereocenters. The monoisotopic (exact) mass is 284 g/mol. The van der Waals surface area contributed by atoms with Gasteiger partial charge in [-0.25, -0.2) is 4.79 Å². The molecular formula is C10H5Cl2F3O2. The molecule has 0 aliphatic carbocycles. The second kappa shape index (κ2) is 4.98. The van der Waals surface area contributed by atoms with E-state index in [0.717, 1.165) is 12.1 Å². The van der Waals surface area contributed by atoms with Gasteiger partial charge in [0.2, 0.25) is 0 Å². The Morgan fingerprint density at radius 3 is 2.00 bits per heavy atom.